The van der Waals surface area contributed by atoms with E-state index >= 15 is 0 Å². The number of phenolic OH excluding ortho intramolecular Hbond substituents is 2. The van der Waals surface area contributed by atoms with Gasteiger partial charge in [-0.25, -0.2) is 19.9 Å². The van der Waals surface area contributed by atoms with Crippen molar-refractivity contribution in [2.45, 2.75) is 142 Å². The Kier molecular flexibility index (Phi) is 18.0. The first-order valence-electron chi connectivity index (χ1n) is 34.2. The van der Waals surface area contributed by atoms with Crippen LogP contribution in [0.2, 0.25) is 0 Å². The molecule has 94 heavy (non-hydrogen) atoms. The van der Waals surface area contributed by atoms with Gasteiger partial charge in [-0.05, 0) is 161 Å². The van der Waals surface area contributed by atoms with Crippen molar-refractivity contribution in [1.82, 2.24) is 19.9 Å². The van der Waals surface area contributed by atoms with E-state index in [-0.39, 0.29) is 16.2 Å². The van der Waals surface area contributed by atoms with Crippen LogP contribution in [-0.2, 0) is 16.2 Å². The van der Waals surface area contributed by atoms with Crippen molar-refractivity contribution in [2.24, 2.45) is 0 Å². The molecule has 4 aromatic heterocycles. The standard InChI is InChI=1S/C45H41N3O.C41H45N3O/c1-3-5-26-45(27-6-4-2)37-21-14-22-40(49)42(37)43-38(45)24-25-39(47-43)33-17-13-18-34(30-33)48(41-23-11-12-28-46-41)44-35-19-9-7-15-31(35)29-32-16-8-10-20-36(32)44;1-6-8-24-41(25-9-7-2)33-19-14-20-36(45)38(33)39-34(41)21-22-35(43-39)29-15-13-18-32(27-29)44(31-16-11-10-12-17-31)37-28-30(23-26-42-37)40(3,4)5/h7-25,28-30,49H,3-6,26-27H2,1-2H3;10-23,26-28,45H,6-9,24-25H2,1-5H3. The molecule has 0 bridgehead atoms. The van der Waals surface area contributed by atoms with Gasteiger partial charge in [0.05, 0.1) is 28.5 Å². The molecule has 0 spiro atoms. The van der Waals surface area contributed by atoms with Crippen LogP contribution in [0, 0.1) is 0 Å². The molecule has 0 amide bonds. The summed E-state index contributed by atoms with van der Waals surface area (Å²) in [5, 5.41) is 27.2. The second kappa shape index (κ2) is 27.0. The molecule has 0 unspecified atom stereocenters. The van der Waals surface area contributed by atoms with Crippen LogP contribution in [0.4, 0.5) is 34.4 Å². The number of phenols is 2. The second-order valence-electron chi connectivity index (χ2n) is 26.8. The van der Waals surface area contributed by atoms with Crippen molar-refractivity contribution in [2.75, 3.05) is 9.80 Å². The third kappa shape index (κ3) is 11.8. The van der Waals surface area contributed by atoms with Crippen molar-refractivity contribution in [3.05, 3.63) is 265 Å². The fourth-order valence-electron chi connectivity index (χ4n) is 15.0. The highest BCUT2D eigenvalue weighted by molar-refractivity contribution is 6.14. The summed E-state index contributed by atoms with van der Waals surface area (Å²) in [5.41, 5.74) is 17.6. The lowest BCUT2D eigenvalue weighted by atomic mass is 9.71. The molecule has 12 aromatic rings. The first-order chi connectivity index (χ1) is 45.9. The van der Waals surface area contributed by atoms with Crippen LogP contribution in [0.1, 0.15) is 153 Å². The quantitative estimate of drug-likeness (QED) is 0.0729. The lowest BCUT2D eigenvalue weighted by Crippen LogP contribution is -2.25. The highest BCUT2D eigenvalue weighted by Crippen LogP contribution is 2.58. The number of para-hydroxylation sites is 1. The Balaban J connectivity index is 0.000000171. The van der Waals surface area contributed by atoms with Crippen LogP contribution in [0.15, 0.2) is 237 Å². The van der Waals surface area contributed by atoms with Crippen molar-refractivity contribution < 1.29 is 10.2 Å². The zero-order chi connectivity index (χ0) is 65.0. The lowest BCUT2D eigenvalue weighted by Gasteiger charge is -2.32. The third-order valence-electron chi connectivity index (χ3n) is 19.7. The Bertz CT molecular complexity index is 4600. The number of aromatic nitrogens is 4. The molecular formula is C86H86N6O2. The SMILES string of the molecule is CCCCC1(CCCC)c2ccc(-c3cccc(N(c4ccccc4)c4cc(C(C)(C)C)ccn4)c3)nc2-c2c(O)cccc21.CCCCC1(CCCC)c2ccc(-c3cccc(N(c4ccccn4)c4c5ccccc5cc5ccccc45)c3)nc2-c2c(O)cccc21. The molecule has 0 saturated heterocycles. The Labute approximate surface area is 555 Å². The molecule has 14 rings (SSSR count). The maximum atomic E-state index is 11.3. The molecule has 4 heterocycles. The summed E-state index contributed by atoms with van der Waals surface area (Å²) in [4.78, 5) is 24.9. The lowest BCUT2D eigenvalue weighted by molar-refractivity contribution is 0.412. The Morgan fingerprint density at radius 2 is 0.840 bits per heavy atom. The number of unbranched alkanes of at least 4 members (excludes halogenated alkanes) is 4. The molecule has 0 atom stereocenters. The van der Waals surface area contributed by atoms with Crippen molar-refractivity contribution in [3.8, 4) is 56.5 Å². The predicted molar refractivity (Wildman–Crippen MR) is 392 cm³/mol. The number of nitrogens with zero attached hydrogens (tertiary/aromatic N) is 6. The number of pyridine rings is 4. The van der Waals surface area contributed by atoms with Crippen molar-refractivity contribution in [1.29, 1.82) is 0 Å². The maximum absolute atomic E-state index is 11.3. The third-order valence-corrected chi connectivity index (χ3v) is 19.7. The molecule has 2 N–H and O–H groups in total. The van der Waals surface area contributed by atoms with E-state index in [9.17, 15) is 10.2 Å². The average Bonchev–Trinajstić information content (AvgIpc) is 1.55. The molecule has 472 valence electrons. The number of hydrogen-bond acceptors (Lipinski definition) is 8. The summed E-state index contributed by atoms with van der Waals surface area (Å²) in [6, 6.07) is 78.4. The average molecular weight is 1240 g/mol. The van der Waals surface area contributed by atoms with E-state index in [0.717, 1.165) is 167 Å². The Morgan fingerprint density at radius 1 is 0.383 bits per heavy atom. The summed E-state index contributed by atoms with van der Waals surface area (Å²) >= 11 is 0. The van der Waals surface area contributed by atoms with Crippen LogP contribution in [0.5, 0.6) is 11.5 Å². The molecule has 2 aliphatic rings. The minimum absolute atomic E-state index is 0.00155. The second-order valence-corrected chi connectivity index (χ2v) is 26.8. The molecule has 8 nitrogen and oxygen atoms in total. The zero-order valence-corrected chi connectivity index (χ0v) is 55.6. The van der Waals surface area contributed by atoms with E-state index in [1.54, 1.807) is 0 Å². The molecule has 0 fully saturated rings. The molecule has 8 aromatic carbocycles. The smallest absolute Gasteiger partial charge is 0.137 e. The van der Waals surface area contributed by atoms with E-state index in [4.69, 9.17) is 19.9 Å². The van der Waals surface area contributed by atoms with Gasteiger partial charge >= 0.3 is 0 Å². The normalized spacial score (nSPS) is 13.2. The van der Waals surface area contributed by atoms with Gasteiger partial charge in [-0.3, -0.25) is 9.80 Å². The fourth-order valence-corrected chi connectivity index (χ4v) is 15.0. The maximum Gasteiger partial charge on any atom is 0.137 e. The van der Waals surface area contributed by atoms with E-state index < -0.39 is 0 Å². The highest BCUT2D eigenvalue weighted by atomic mass is 16.3. The van der Waals surface area contributed by atoms with Gasteiger partial charge in [0.25, 0.3) is 0 Å². The summed E-state index contributed by atoms with van der Waals surface area (Å²) in [6.07, 6.45) is 17.1. The summed E-state index contributed by atoms with van der Waals surface area (Å²) in [6.45, 7) is 15.7. The number of hydrogen-bond donors (Lipinski definition) is 2. The van der Waals surface area contributed by atoms with Gasteiger partial charge in [0.2, 0.25) is 0 Å². The molecule has 0 aliphatic heterocycles. The van der Waals surface area contributed by atoms with Gasteiger partial charge in [-0.1, -0.05) is 233 Å². The minimum atomic E-state index is -0.131. The molecule has 0 saturated carbocycles. The van der Waals surface area contributed by atoms with E-state index in [1.165, 1.54) is 38.6 Å². The van der Waals surface area contributed by atoms with Gasteiger partial charge in [0.1, 0.15) is 23.1 Å². The minimum Gasteiger partial charge on any atom is -0.507 e. The van der Waals surface area contributed by atoms with Gasteiger partial charge < -0.3 is 10.2 Å². The molecule has 2 aliphatic carbocycles. The molecule has 0 radical (unpaired) electrons. The number of benzene rings is 8. The monoisotopic (exact) mass is 1230 g/mol. The zero-order valence-electron chi connectivity index (χ0n) is 55.6. The fraction of sp³-hybridized carbons (Fsp3) is 0.256. The van der Waals surface area contributed by atoms with Gasteiger partial charge in [-0.2, -0.15) is 0 Å². The first-order valence-corrected chi connectivity index (χ1v) is 34.2. The topological polar surface area (TPSA) is 98.5 Å². The van der Waals surface area contributed by atoms with Crippen LogP contribution in [0.25, 0.3) is 66.6 Å². The number of fused-ring (bicyclic) bond motifs is 8. The molecule has 8 heteroatoms. The number of aromatic hydroxyl groups is 2. The van der Waals surface area contributed by atoms with Crippen molar-refractivity contribution in [3.63, 3.8) is 0 Å². The Morgan fingerprint density at radius 3 is 1.33 bits per heavy atom. The van der Waals surface area contributed by atoms with E-state index in [1.807, 2.05) is 54.9 Å². The van der Waals surface area contributed by atoms with Crippen LogP contribution in [0.3, 0.4) is 0 Å². The first kappa shape index (κ1) is 62.9. The van der Waals surface area contributed by atoms with Crippen molar-refractivity contribution >= 4 is 55.9 Å². The Hall–Kier alpha value is -9.92. The van der Waals surface area contributed by atoms with Crippen LogP contribution >= 0.6 is 0 Å². The van der Waals surface area contributed by atoms with Gasteiger partial charge in [-0.15, -0.1) is 0 Å². The summed E-state index contributed by atoms with van der Waals surface area (Å²) in [7, 11) is 0. The predicted octanol–water partition coefficient (Wildman–Crippen LogP) is 23.5. The van der Waals surface area contributed by atoms with Crippen LogP contribution in [-0.4, -0.2) is 30.1 Å². The highest BCUT2D eigenvalue weighted by Gasteiger charge is 2.46. The van der Waals surface area contributed by atoms with E-state index in [0.29, 0.717) is 11.5 Å². The number of anilines is 6. The van der Waals surface area contributed by atoms with Crippen LogP contribution < -0.4 is 9.80 Å². The number of rotatable bonds is 20. The summed E-state index contributed by atoms with van der Waals surface area (Å²) < 4.78 is 0. The van der Waals surface area contributed by atoms with E-state index in [2.05, 4.69) is 240 Å². The van der Waals surface area contributed by atoms with Gasteiger partial charge in [0.15, 0.2) is 0 Å². The summed E-state index contributed by atoms with van der Waals surface area (Å²) in [5.74, 6) is 2.36. The molecular weight excluding hydrogens is 1150 g/mol. The largest absolute Gasteiger partial charge is 0.507 e. The van der Waals surface area contributed by atoms with Gasteiger partial charge in [0, 0.05) is 73.3 Å².